The van der Waals surface area contributed by atoms with Crippen molar-refractivity contribution < 1.29 is 9.13 Å². The number of aromatic nitrogens is 2. The van der Waals surface area contributed by atoms with Gasteiger partial charge in [0, 0.05) is 12.6 Å². The Morgan fingerprint density at radius 1 is 1.38 bits per heavy atom. The van der Waals surface area contributed by atoms with Gasteiger partial charge in [-0.3, -0.25) is 0 Å². The first-order chi connectivity index (χ1) is 10.2. The molecule has 1 unspecified atom stereocenters. The van der Waals surface area contributed by atoms with Crippen molar-refractivity contribution in [2.24, 2.45) is 0 Å². The Morgan fingerprint density at radius 3 is 3.10 bits per heavy atom. The minimum absolute atomic E-state index is 0.252. The van der Waals surface area contributed by atoms with Crippen molar-refractivity contribution in [3.63, 3.8) is 0 Å². The molecule has 0 amide bonds. The highest BCUT2D eigenvalue weighted by atomic mass is 32.1. The molecule has 1 saturated heterocycles. The maximum Gasteiger partial charge on any atom is 0.271 e. The maximum absolute atomic E-state index is 13.2. The molecule has 2 heterocycles. The Hall–Kier alpha value is -1.69. The molecular weight excluding hydrogens is 289 g/mol. The number of halogens is 1. The summed E-state index contributed by atoms with van der Waals surface area (Å²) in [7, 11) is 0. The smallest absolute Gasteiger partial charge is 0.271 e. The lowest BCUT2D eigenvalue weighted by Gasteiger charge is -2.33. The van der Waals surface area contributed by atoms with Gasteiger partial charge in [-0.25, -0.2) is 4.39 Å². The molecular formula is C15H18FN3OS. The van der Waals surface area contributed by atoms with Gasteiger partial charge in [-0.2, -0.15) is 4.37 Å². The van der Waals surface area contributed by atoms with E-state index in [1.807, 2.05) is 6.07 Å². The number of hydrogen-bond donors (Lipinski definition) is 0. The molecule has 21 heavy (non-hydrogen) atoms. The van der Waals surface area contributed by atoms with Gasteiger partial charge < -0.3 is 9.64 Å². The van der Waals surface area contributed by atoms with Crippen molar-refractivity contribution in [3.05, 3.63) is 35.6 Å². The van der Waals surface area contributed by atoms with Crippen LogP contribution in [0.15, 0.2) is 24.3 Å². The third-order valence-corrected chi connectivity index (χ3v) is 4.28. The van der Waals surface area contributed by atoms with E-state index in [0.717, 1.165) is 29.7 Å². The first-order valence-electron chi connectivity index (χ1n) is 7.20. The first kappa shape index (κ1) is 14.3. The molecule has 112 valence electrons. The summed E-state index contributed by atoms with van der Waals surface area (Å²) in [5.74, 6) is 1.12. The highest BCUT2D eigenvalue weighted by Gasteiger charge is 2.24. The lowest BCUT2D eigenvalue weighted by atomic mass is 10.0. The highest BCUT2D eigenvalue weighted by molar-refractivity contribution is 6.99. The standard InChI is InChI=1S/C15H18FN3OS/c1-11-5-2-3-8-19(11)14-15(18-21-17-14)20-10-12-6-4-7-13(16)9-12/h4,6-7,9,11H,2-3,5,8,10H2,1H3. The number of benzene rings is 1. The van der Waals surface area contributed by atoms with Crippen LogP contribution >= 0.6 is 11.7 Å². The van der Waals surface area contributed by atoms with Crippen LogP contribution in [0.1, 0.15) is 31.7 Å². The molecule has 4 nitrogen and oxygen atoms in total. The lowest BCUT2D eigenvalue weighted by molar-refractivity contribution is 0.294. The Kier molecular flexibility index (Phi) is 4.34. The highest BCUT2D eigenvalue weighted by Crippen LogP contribution is 2.31. The molecule has 1 atom stereocenters. The number of piperidine rings is 1. The van der Waals surface area contributed by atoms with Crippen LogP contribution in [0.5, 0.6) is 5.88 Å². The molecule has 3 rings (SSSR count). The number of rotatable bonds is 4. The second kappa shape index (κ2) is 6.39. The minimum atomic E-state index is -0.252. The lowest BCUT2D eigenvalue weighted by Crippen LogP contribution is -2.37. The van der Waals surface area contributed by atoms with Gasteiger partial charge in [-0.05, 0) is 43.9 Å². The van der Waals surface area contributed by atoms with Crippen molar-refractivity contribution in [1.82, 2.24) is 8.75 Å². The fourth-order valence-corrected chi connectivity index (χ4v) is 3.14. The monoisotopic (exact) mass is 307 g/mol. The topological polar surface area (TPSA) is 38.2 Å². The molecule has 1 aliphatic rings. The number of hydrogen-bond acceptors (Lipinski definition) is 5. The van der Waals surface area contributed by atoms with E-state index in [2.05, 4.69) is 20.6 Å². The fourth-order valence-electron chi connectivity index (χ4n) is 2.63. The van der Waals surface area contributed by atoms with Gasteiger partial charge in [0.15, 0.2) is 0 Å². The maximum atomic E-state index is 13.2. The Bertz CT molecular complexity index is 604. The van der Waals surface area contributed by atoms with E-state index in [1.54, 1.807) is 6.07 Å². The second-order valence-electron chi connectivity index (χ2n) is 5.35. The summed E-state index contributed by atoms with van der Waals surface area (Å²) in [6, 6.07) is 6.88. The largest absolute Gasteiger partial charge is 0.470 e. The van der Waals surface area contributed by atoms with Crippen LogP contribution in [-0.4, -0.2) is 21.3 Å². The van der Waals surface area contributed by atoms with Crippen LogP contribution in [-0.2, 0) is 6.61 Å². The average Bonchev–Trinajstić information content (AvgIpc) is 2.94. The Balaban J connectivity index is 1.70. The van der Waals surface area contributed by atoms with E-state index in [1.165, 1.54) is 31.4 Å². The van der Waals surface area contributed by atoms with E-state index in [4.69, 9.17) is 4.74 Å². The van der Waals surface area contributed by atoms with Gasteiger partial charge in [0.1, 0.15) is 12.4 Å². The summed E-state index contributed by atoms with van der Waals surface area (Å²) in [4.78, 5) is 2.26. The normalized spacial score (nSPS) is 18.8. The van der Waals surface area contributed by atoms with E-state index >= 15 is 0 Å². The van der Waals surface area contributed by atoms with E-state index in [9.17, 15) is 4.39 Å². The van der Waals surface area contributed by atoms with Gasteiger partial charge in [-0.15, -0.1) is 4.37 Å². The van der Waals surface area contributed by atoms with Crippen LogP contribution in [0.3, 0.4) is 0 Å². The minimum Gasteiger partial charge on any atom is -0.470 e. The van der Waals surface area contributed by atoms with Crippen molar-refractivity contribution in [2.75, 3.05) is 11.4 Å². The van der Waals surface area contributed by atoms with Crippen LogP contribution in [0, 0.1) is 5.82 Å². The quantitative estimate of drug-likeness (QED) is 0.864. The van der Waals surface area contributed by atoms with Gasteiger partial charge in [0.05, 0.1) is 11.7 Å². The molecule has 2 aromatic rings. The second-order valence-corrected chi connectivity index (χ2v) is 5.88. The fraction of sp³-hybridized carbons (Fsp3) is 0.467. The van der Waals surface area contributed by atoms with E-state index in [-0.39, 0.29) is 5.82 Å². The van der Waals surface area contributed by atoms with Gasteiger partial charge >= 0.3 is 0 Å². The molecule has 0 N–H and O–H groups in total. The number of anilines is 1. The Morgan fingerprint density at radius 2 is 2.29 bits per heavy atom. The van der Waals surface area contributed by atoms with Crippen LogP contribution in [0.25, 0.3) is 0 Å². The zero-order chi connectivity index (χ0) is 14.7. The SMILES string of the molecule is CC1CCCCN1c1nsnc1OCc1cccc(F)c1. The van der Waals surface area contributed by atoms with Crippen LogP contribution < -0.4 is 9.64 Å². The Labute approximate surface area is 127 Å². The molecule has 1 aromatic carbocycles. The van der Waals surface area contributed by atoms with Gasteiger partial charge in [0.2, 0.25) is 5.82 Å². The summed E-state index contributed by atoms with van der Waals surface area (Å²) in [5.41, 5.74) is 0.792. The zero-order valence-electron chi connectivity index (χ0n) is 12.0. The third-order valence-electron chi connectivity index (χ3n) is 3.78. The predicted octanol–water partition coefficient (Wildman–Crippen LogP) is 3.64. The molecule has 6 heteroatoms. The summed E-state index contributed by atoms with van der Waals surface area (Å²) in [6.45, 7) is 3.50. The van der Waals surface area contributed by atoms with Crippen molar-refractivity contribution in [2.45, 2.75) is 38.8 Å². The summed E-state index contributed by atoms with van der Waals surface area (Å²) >= 11 is 1.16. The summed E-state index contributed by atoms with van der Waals surface area (Å²) in [5, 5.41) is 0. The summed E-state index contributed by atoms with van der Waals surface area (Å²) in [6.07, 6.45) is 3.60. The van der Waals surface area contributed by atoms with Crippen LogP contribution in [0.4, 0.5) is 10.2 Å². The molecule has 0 radical (unpaired) electrons. The van der Waals surface area contributed by atoms with Gasteiger partial charge in [-0.1, -0.05) is 12.1 Å². The summed E-state index contributed by atoms with van der Waals surface area (Å²) < 4.78 is 27.5. The molecule has 1 aliphatic heterocycles. The van der Waals surface area contributed by atoms with Crippen LogP contribution in [0.2, 0.25) is 0 Å². The third kappa shape index (κ3) is 3.32. The zero-order valence-corrected chi connectivity index (χ0v) is 12.8. The predicted molar refractivity (Wildman–Crippen MR) is 81.3 cm³/mol. The molecule has 1 aromatic heterocycles. The van der Waals surface area contributed by atoms with E-state index < -0.39 is 0 Å². The van der Waals surface area contributed by atoms with Crippen molar-refractivity contribution in [3.8, 4) is 5.88 Å². The van der Waals surface area contributed by atoms with E-state index in [0.29, 0.717) is 18.5 Å². The van der Waals surface area contributed by atoms with Crippen molar-refractivity contribution >= 4 is 17.5 Å². The first-order valence-corrected chi connectivity index (χ1v) is 7.93. The molecule has 0 bridgehead atoms. The molecule has 0 saturated carbocycles. The molecule has 0 aliphatic carbocycles. The van der Waals surface area contributed by atoms with Gasteiger partial charge in [0.25, 0.3) is 5.88 Å². The number of nitrogens with zero attached hydrogens (tertiary/aromatic N) is 3. The molecule has 1 fully saturated rings. The average molecular weight is 307 g/mol. The van der Waals surface area contributed by atoms with Crippen molar-refractivity contribution in [1.29, 1.82) is 0 Å². The molecule has 0 spiro atoms. The number of ether oxygens (including phenoxy) is 1.